The summed E-state index contributed by atoms with van der Waals surface area (Å²) in [7, 11) is -3.93. The number of nitrogens with zero attached hydrogens (tertiary/aromatic N) is 2. The van der Waals surface area contributed by atoms with Crippen LogP contribution in [0.3, 0.4) is 0 Å². The molecule has 0 unspecified atom stereocenters. The summed E-state index contributed by atoms with van der Waals surface area (Å²) >= 11 is 0. The molecule has 2 aromatic carbocycles. The van der Waals surface area contributed by atoms with Gasteiger partial charge >= 0.3 is 5.97 Å². The molecule has 41 heavy (non-hydrogen) atoms. The Balaban J connectivity index is 1.73. The number of sulfonamides is 1. The zero-order valence-electron chi connectivity index (χ0n) is 23.3. The standard InChI is InChI=1S/C30H30F2N2O6S/c1-6-38-26(35)15-19-8-7-18(2)13-25(19)40-17-20-14-23(29-22(27(20)31)10-12-39-29)21-9-11-33-24(28(21)32)16-34-41(36,37)30(3,4)5/h7-14,16H,6,15,17H2,1-5H3. The van der Waals surface area contributed by atoms with Crippen LogP contribution in [0.5, 0.6) is 5.75 Å². The van der Waals surface area contributed by atoms with Crippen LogP contribution in [-0.4, -0.2) is 36.9 Å². The number of pyridine rings is 1. The van der Waals surface area contributed by atoms with Crippen LogP contribution in [0.1, 0.15) is 50.1 Å². The summed E-state index contributed by atoms with van der Waals surface area (Å²) in [5.41, 5.74) is 1.58. The van der Waals surface area contributed by atoms with E-state index < -0.39 is 32.4 Å². The maximum absolute atomic E-state index is 15.7. The number of halogens is 2. The second-order valence-electron chi connectivity index (χ2n) is 10.3. The van der Waals surface area contributed by atoms with Crippen LogP contribution in [0, 0.1) is 18.6 Å². The van der Waals surface area contributed by atoms with Gasteiger partial charge in [0.2, 0.25) is 0 Å². The predicted octanol–water partition coefficient (Wildman–Crippen LogP) is 6.31. The lowest BCUT2D eigenvalue weighted by Crippen LogP contribution is -2.25. The van der Waals surface area contributed by atoms with Crippen molar-refractivity contribution in [1.29, 1.82) is 0 Å². The van der Waals surface area contributed by atoms with E-state index in [-0.39, 0.29) is 53.0 Å². The Bertz CT molecular complexity index is 1740. The average Bonchev–Trinajstić information content (AvgIpc) is 3.39. The first-order valence-corrected chi connectivity index (χ1v) is 14.3. The largest absolute Gasteiger partial charge is 0.488 e. The number of rotatable bonds is 9. The zero-order chi connectivity index (χ0) is 29.9. The highest BCUT2D eigenvalue weighted by atomic mass is 32.2. The van der Waals surface area contributed by atoms with E-state index in [2.05, 4.69) is 9.38 Å². The number of ether oxygens (including phenoxy) is 2. The molecule has 0 N–H and O–H groups in total. The number of furan rings is 1. The van der Waals surface area contributed by atoms with Gasteiger partial charge in [0.25, 0.3) is 10.0 Å². The number of benzene rings is 2. The van der Waals surface area contributed by atoms with Crippen molar-refractivity contribution < 1.29 is 35.9 Å². The predicted molar refractivity (Wildman–Crippen MR) is 151 cm³/mol. The maximum Gasteiger partial charge on any atom is 0.310 e. The van der Waals surface area contributed by atoms with E-state index in [1.54, 1.807) is 19.1 Å². The SMILES string of the molecule is CCOC(=O)Cc1ccc(C)cc1OCc1cc(-c2ccnc(C=NS(=O)(=O)C(C)(C)C)c2F)c2occc2c1F. The Morgan fingerprint density at radius 1 is 1.07 bits per heavy atom. The van der Waals surface area contributed by atoms with Gasteiger partial charge in [-0.1, -0.05) is 12.1 Å². The molecule has 0 saturated heterocycles. The molecule has 0 amide bonds. The number of carbonyl (C=O) groups excluding carboxylic acids is 1. The number of hydrogen-bond acceptors (Lipinski definition) is 7. The van der Waals surface area contributed by atoms with Crippen molar-refractivity contribution in [3.05, 3.63) is 82.9 Å². The van der Waals surface area contributed by atoms with Gasteiger partial charge in [-0.25, -0.2) is 17.2 Å². The lowest BCUT2D eigenvalue weighted by atomic mass is 9.99. The first-order valence-electron chi connectivity index (χ1n) is 12.8. The Hall–Kier alpha value is -4.12. The first kappa shape index (κ1) is 29.9. The Morgan fingerprint density at radius 3 is 2.54 bits per heavy atom. The van der Waals surface area contributed by atoms with Crippen LogP contribution < -0.4 is 4.74 Å². The van der Waals surface area contributed by atoms with Crippen molar-refractivity contribution in [2.75, 3.05) is 6.61 Å². The molecule has 0 bridgehead atoms. The molecule has 0 saturated carbocycles. The highest BCUT2D eigenvalue weighted by molar-refractivity contribution is 7.91. The molecule has 8 nitrogen and oxygen atoms in total. The minimum absolute atomic E-state index is 0.00867. The quantitative estimate of drug-likeness (QED) is 0.167. The molecular weight excluding hydrogens is 554 g/mol. The number of esters is 1. The summed E-state index contributed by atoms with van der Waals surface area (Å²) in [4.78, 5) is 16.0. The molecule has 4 aromatic rings. The molecule has 0 radical (unpaired) electrons. The van der Waals surface area contributed by atoms with Crippen molar-refractivity contribution in [3.63, 3.8) is 0 Å². The third kappa shape index (κ3) is 6.45. The van der Waals surface area contributed by atoms with Gasteiger partial charge in [-0.05, 0) is 64.4 Å². The third-order valence-electron chi connectivity index (χ3n) is 6.29. The molecule has 0 atom stereocenters. The van der Waals surface area contributed by atoms with Crippen LogP contribution in [0.15, 0.2) is 57.7 Å². The lowest BCUT2D eigenvalue weighted by Gasteiger charge is -2.15. The normalized spacial score (nSPS) is 12.3. The van der Waals surface area contributed by atoms with E-state index in [9.17, 15) is 13.2 Å². The summed E-state index contributed by atoms with van der Waals surface area (Å²) in [5.74, 6) is -1.49. The van der Waals surface area contributed by atoms with E-state index in [1.165, 1.54) is 51.4 Å². The topological polar surface area (TPSA) is 108 Å². The number of aryl methyl sites for hydroxylation is 1. The van der Waals surface area contributed by atoms with Gasteiger partial charge in [-0.15, -0.1) is 0 Å². The monoisotopic (exact) mass is 584 g/mol. The van der Waals surface area contributed by atoms with E-state index >= 15 is 8.78 Å². The number of hydrogen-bond donors (Lipinski definition) is 0. The second-order valence-corrected chi connectivity index (χ2v) is 12.7. The van der Waals surface area contributed by atoms with Gasteiger partial charge in [0.15, 0.2) is 5.82 Å². The Labute approximate surface area is 237 Å². The van der Waals surface area contributed by atoms with Crippen molar-refractivity contribution >= 4 is 33.2 Å². The summed E-state index contributed by atoms with van der Waals surface area (Å²) in [6.07, 6.45) is 3.42. The molecule has 0 aliphatic rings. The smallest absolute Gasteiger partial charge is 0.310 e. The Morgan fingerprint density at radius 2 is 1.83 bits per heavy atom. The minimum Gasteiger partial charge on any atom is -0.488 e. The highest BCUT2D eigenvalue weighted by Gasteiger charge is 2.28. The second kappa shape index (κ2) is 11.8. The van der Waals surface area contributed by atoms with E-state index in [1.807, 2.05) is 13.0 Å². The Kier molecular flexibility index (Phi) is 8.58. The van der Waals surface area contributed by atoms with Gasteiger partial charge in [0.05, 0.1) is 35.6 Å². The fraction of sp³-hybridized carbons (Fsp3) is 0.300. The summed E-state index contributed by atoms with van der Waals surface area (Å²) in [6.45, 7) is 8.02. The van der Waals surface area contributed by atoms with Crippen molar-refractivity contribution in [3.8, 4) is 16.9 Å². The molecule has 2 heterocycles. The molecule has 4 rings (SSSR count). The number of aromatic nitrogens is 1. The van der Waals surface area contributed by atoms with Gasteiger partial charge in [0.1, 0.15) is 29.5 Å². The van der Waals surface area contributed by atoms with E-state index in [0.717, 1.165) is 11.8 Å². The average molecular weight is 585 g/mol. The van der Waals surface area contributed by atoms with Gasteiger partial charge in [0, 0.05) is 28.5 Å². The van der Waals surface area contributed by atoms with Crippen LogP contribution in [0.2, 0.25) is 0 Å². The summed E-state index contributed by atoms with van der Waals surface area (Å²) in [6, 6.07) is 9.53. The molecule has 0 fully saturated rings. The molecule has 11 heteroatoms. The van der Waals surface area contributed by atoms with Gasteiger partial charge in [-0.3, -0.25) is 9.78 Å². The molecule has 0 aliphatic carbocycles. The van der Waals surface area contributed by atoms with Crippen molar-refractivity contribution in [1.82, 2.24) is 4.98 Å². The van der Waals surface area contributed by atoms with Crippen LogP contribution in [0.4, 0.5) is 8.78 Å². The summed E-state index contributed by atoms with van der Waals surface area (Å²) < 4.78 is 74.9. The zero-order valence-corrected chi connectivity index (χ0v) is 24.1. The van der Waals surface area contributed by atoms with Crippen LogP contribution in [-0.2, 0) is 32.6 Å². The van der Waals surface area contributed by atoms with Crippen LogP contribution >= 0.6 is 0 Å². The highest BCUT2D eigenvalue weighted by Crippen LogP contribution is 2.36. The summed E-state index contributed by atoms with van der Waals surface area (Å²) in [5, 5.41) is 0.110. The molecule has 0 aliphatic heterocycles. The maximum atomic E-state index is 15.7. The lowest BCUT2D eigenvalue weighted by molar-refractivity contribution is -0.142. The van der Waals surface area contributed by atoms with Gasteiger partial charge in [-0.2, -0.15) is 4.40 Å². The van der Waals surface area contributed by atoms with Gasteiger partial charge < -0.3 is 13.9 Å². The van der Waals surface area contributed by atoms with Crippen molar-refractivity contribution in [2.24, 2.45) is 4.40 Å². The first-order chi connectivity index (χ1) is 19.3. The van der Waals surface area contributed by atoms with E-state index in [0.29, 0.717) is 11.3 Å². The third-order valence-corrected chi connectivity index (χ3v) is 8.22. The minimum atomic E-state index is -3.93. The van der Waals surface area contributed by atoms with Crippen LogP contribution in [0.25, 0.3) is 22.1 Å². The number of fused-ring (bicyclic) bond motifs is 1. The fourth-order valence-electron chi connectivity index (χ4n) is 3.97. The fourth-order valence-corrected chi connectivity index (χ4v) is 4.53. The molecule has 0 spiro atoms. The molecule has 216 valence electrons. The van der Waals surface area contributed by atoms with E-state index in [4.69, 9.17) is 13.9 Å². The molecule has 2 aromatic heterocycles. The van der Waals surface area contributed by atoms with Crippen molar-refractivity contribution in [2.45, 2.75) is 52.4 Å². The molecular formula is C30H30F2N2O6S. The number of carbonyl (C=O) groups is 1.